The number of aliphatic hydroxyl groups is 1. The Labute approximate surface area is 258 Å². The lowest BCUT2D eigenvalue weighted by Crippen LogP contribution is -2.28. The zero-order valence-electron chi connectivity index (χ0n) is 24.5. The number of fused-ring (bicyclic) bond motifs is 2. The van der Waals surface area contributed by atoms with Crippen LogP contribution in [0.5, 0.6) is 0 Å². The Balaban J connectivity index is 1.46. The lowest BCUT2D eigenvalue weighted by atomic mass is 9.93. The maximum atomic E-state index is 12.9. The zero-order chi connectivity index (χ0) is 30.5. The largest absolute Gasteiger partial charge is 0.462 e. The van der Waals surface area contributed by atoms with E-state index in [1.165, 1.54) is 0 Å². The molecule has 0 saturated carbocycles. The van der Waals surface area contributed by atoms with Crippen molar-refractivity contribution in [2.45, 2.75) is 39.7 Å². The van der Waals surface area contributed by atoms with E-state index in [0.29, 0.717) is 5.02 Å². The summed E-state index contributed by atoms with van der Waals surface area (Å²) in [6.45, 7) is 7.07. The lowest BCUT2D eigenvalue weighted by molar-refractivity contribution is -0.149. The van der Waals surface area contributed by atoms with Crippen LogP contribution in [0.2, 0.25) is 5.02 Å². The molecule has 0 unspecified atom stereocenters. The summed E-state index contributed by atoms with van der Waals surface area (Å²) in [5, 5.41) is 15.8. The normalized spacial score (nSPS) is 11.9. The molecule has 6 aromatic rings. The predicted molar refractivity (Wildman–Crippen MR) is 171 cm³/mol. The van der Waals surface area contributed by atoms with Crippen molar-refractivity contribution in [1.29, 1.82) is 0 Å². The van der Waals surface area contributed by atoms with Gasteiger partial charge in [-0.25, -0.2) is 9.97 Å². The van der Waals surface area contributed by atoms with Crippen molar-refractivity contribution >= 4 is 50.2 Å². The Morgan fingerprint density at radius 1 is 1.02 bits per heavy atom. The highest BCUT2D eigenvalue weighted by Gasteiger charge is 2.22. The number of ether oxygens (including phenoxy) is 1. The Bertz CT molecular complexity index is 2010. The fourth-order valence-electron chi connectivity index (χ4n) is 5.06. The van der Waals surface area contributed by atoms with E-state index in [1.54, 1.807) is 36.1 Å². The van der Waals surface area contributed by atoms with Crippen LogP contribution in [0, 0.1) is 13.8 Å². The van der Waals surface area contributed by atoms with Crippen molar-refractivity contribution in [2.75, 3.05) is 6.61 Å². The summed E-state index contributed by atoms with van der Waals surface area (Å²) in [6.07, 6.45) is 3.66. The SMILES string of the molecule is Cc1cc2nc(-c3cnc(C)c(-c4ccc5c(cnn5C)n4)c3)sc2c(-c2ccc(Cl)cc2)c1CC(=O)OCC(C)(C)O. The first kappa shape index (κ1) is 28.9. The number of halogens is 1. The molecule has 0 radical (unpaired) electrons. The van der Waals surface area contributed by atoms with E-state index < -0.39 is 11.6 Å². The Morgan fingerprint density at radius 2 is 1.79 bits per heavy atom. The molecular weight excluding hydrogens is 582 g/mol. The number of carbonyl (C=O) groups excluding carboxylic acids is 1. The summed E-state index contributed by atoms with van der Waals surface area (Å²) in [6, 6.07) is 15.7. The quantitative estimate of drug-likeness (QED) is 0.192. The summed E-state index contributed by atoms with van der Waals surface area (Å²) in [5.74, 6) is -0.407. The number of aryl methyl sites for hydroxylation is 3. The fourth-order valence-corrected chi connectivity index (χ4v) is 6.31. The first-order valence-corrected chi connectivity index (χ1v) is 15.0. The Kier molecular flexibility index (Phi) is 7.50. The summed E-state index contributed by atoms with van der Waals surface area (Å²) in [7, 11) is 1.90. The van der Waals surface area contributed by atoms with Crippen molar-refractivity contribution in [3.8, 4) is 33.0 Å². The molecule has 0 amide bonds. The van der Waals surface area contributed by atoms with Gasteiger partial charge in [-0.1, -0.05) is 23.7 Å². The predicted octanol–water partition coefficient (Wildman–Crippen LogP) is 7.10. The molecule has 0 atom stereocenters. The standard InChI is InChI=1S/C33H30ClN5O3S/c1-18-12-26-31(30(20-6-8-22(34)9-7-20)23(18)14-29(40)42-17-33(3,4)41)43-32(38-26)21-13-24(19(2)35-15-21)25-10-11-28-27(37-25)16-36-39(28)5/h6-13,15-16,41H,14,17H2,1-5H3. The minimum atomic E-state index is -1.11. The van der Waals surface area contributed by atoms with Gasteiger partial charge in [-0.05, 0) is 80.8 Å². The average Bonchev–Trinajstić information content (AvgIpc) is 3.55. The van der Waals surface area contributed by atoms with Gasteiger partial charge in [0, 0.05) is 40.7 Å². The first-order valence-electron chi connectivity index (χ1n) is 13.8. The van der Waals surface area contributed by atoms with Crippen LogP contribution < -0.4 is 0 Å². The van der Waals surface area contributed by atoms with Crippen molar-refractivity contribution in [2.24, 2.45) is 7.05 Å². The third-order valence-electron chi connectivity index (χ3n) is 7.27. The molecule has 4 heterocycles. The third kappa shape index (κ3) is 5.88. The van der Waals surface area contributed by atoms with Crippen LogP contribution in [-0.4, -0.2) is 48.0 Å². The second-order valence-corrected chi connectivity index (χ2v) is 12.7. The van der Waals surface area contributed by atoms with E-state index >= 15 is 0 Å². The van der Waals surface area contributed by atoms with Gasteiger partial charge in [0.2, 0.25) is 0 Å². The topological polar surface area (TPSA) is 103 Å². The highest BCUT2D eigenvalue weighted by Crippen LogP contribution is 2.41. The monoisotopic (exact) mass is 611 g/mol. The van der Waals surface area contributed by atoms with Crippen molar-refractivity contribution in [1.82, 2.24) is 24.7 Å². The molecule has 1 N–H and O–H groups in total. The summed E-state index contributed by atoms with van der Waals surface area (Å²) < 4.78 is 8.17. The molecule has 0 aliphatic carbocycles. The van der Waals surface area contributed by atoms with E-state index in [-0.39, 0.29) is 13.0 Å². The van der Waals surface area contributed by atoms with Crippen molar-refractivity contribution in [3.05, 3.63) is 82.8 Å². The average molecular weight is 612 g/mol. The van der Waals surface area contributed by atoms with Gasteiger partial charge in [0.05, 0.1) is 39.6 Å². The maximum absolute atomic E-state index is 12.9. The number of benzene rings is 2. The number of thiazole rings is 1. The molecule has 0 fully saturated rings. The lowest BCUT2D eigenvalue weighted by Gasteiger charge is -2.18. The summed E-state index contributed by atoms with van der Waals surface area (Å²) in [4.78, 5) is 27.5. The van der Waals surface area contributed by atoms with Gasteiger partial charge in [-0.3, -0.25) is 14.5 Å². The van der Waals surface area contributed by atoms with Crippen LogP contribution in [0.15, 0.2) is 60.9 Å². The van der Waals surface area contributed by atoms with E-state index in [9.17, 15) is 9.90 Å². The molecule has 0 bridgehead atoms. The van der Waals surface area contributed by atoms with Crippen LogP contribution in [0.25, 0.3) is 54.2 Å². The van der Waals surface area contributed by atoms with Gasteiger partial charge in [-0.15, -0.1) is 11.3 Å². The first-order chi connectivity index (χ1) is 20.5. The number of nitrogens with zero attached hydrogens (tertiary/aromatic N) is 5. The molecule has 218 valence electrons. The molecule has 4 aromatic heterocycles. The maximum Gasteiger partial charge on any atom is 0.310 e. The molecule has 0 spiro atoms. The van der Waals surface area contributed by atoms with Gasteiger partial charge in [0.1, 0.15) is 17.1 Å². The molecule has 10 heteroatoms. The number of esters is 1. The molecule has 6 rings (SSSR count). The highest BCUT2D eigenvalue weighted by atomic mass is 35.5. The fraction of sp³-hybridized carbons (Fsp3) is 0.242. The zero-order valence-corrected chi connectivity index (χ0v) is 26.0. The van der Waals surface area contributed by atoms with E-state index in [0.717, 1.165) is 71.0 Å². The molecular formula is C33H30ClN5O3S. The van der Waals surface area contributed by atoms with Crippen LogP contribution in [0.3, 0.4) is 0 Å². The second-order valence-electron chi connectivity index (χ2n) is 11.3. The van der Waals surface area contributed by atoms with Crippen molar-refractivity contribution < 1.29 is 14.6 Å². The molecule has 8 nitrogen and oxygen atoms in total. The molecule has 0 aliphatic heterocycles. The molecule has 2 aromatic carbocycles. The highest BCUT2D eigenvalue weighted by molar-refractivity contribution is 7.22. The van der Waals surface area contributed by atoms with E-state index in [1.807, 2.05) is 69.6 Å². The summed E-state index contributed by atoms with van der Waals surface area (Å²) in [5.41, 5.74) is 8.59. The van der Waals surface area contributed by atoms with Crippen LogP contribution in [-0.2, 0) is 23.0 Å². The smallest absolute Gasteiger partial charge is 0.310 e. The van der Waals surface area contributed by atoms with Gasteiger partial charge >= 0.3 is 5.97 Å². The van der Waals surface area contributed by atoms with Gasteiger partial charge in [0.25, 0.3) is 0 Å². The number of pyridine rings is 2. The molecule has 43 heavy (non-hydrogen) atoms. The van der Waals surface area contributed by atoms with Gasteiger partial charge < -0.3 is 9.84 Å². The Morgan fingerprint density at radius 3 is 2.53 bits per heavy atom. The number of carbonyl (C=O) groups is 1. The second kappa shape index (κ2) is 11.1. The number of hydrogen-bond acceptors (Lipinski definition) is 8. The molecule has 0 saturated heterocycles. The minimum absolute atomic E-state index is 0.0573. The summed E-state index contributed by atoms with van der Waals surface area (Å²) >= 11 is 7.78. The minimum Gasteiger partial charge on any atom is -0.462 e. The number of aromatic nitrogens is 5. The van der Waals surface area contributed by atoms with Crippen LogP contribution >= 0.6 is 22.9 Å². The van der Waals surface area contributed by atoms with Crippen molar-refractivity contribution in [3.63, 3.8) is 0 Å². The van der Waals surface area contributed by atoms with E-state index in [2.05, 4.69) is 11.2 Å². The van der Waals surface area contributed by atoms with E-state index in [4.69, 9.17) is 31.3 Å². The number of rotatable bonds is 7. The third-order valence-corrected chi connectivity index (χ3v) is 8.66. The van der Waals surface area contributed by atoms with Crippen LogP contribution in [0.4, 0.5) is 0 Å². The number of hydrogen-bond donors (Lipinski definition) is 1. The van der Waals surface area contributed by atoms with Gasteiger partial charge in [-0.2, -0.15) is 5.10 Å². The Hall–Kier alpha value is -4.18. The van der Waals surface area contributed by atoms with Crippen LogP contribution in [0.1, 0.15) is 30.7 Å². The van der Waals surface area contributed by atoms with Gasteiger partial charge in [0.15, 0.2) is 0 Å². The molecule has 0 aliphatic rings.